The van der Waals surface area contributed by atoms with E-state index in [1.165, 1.54) is 29.7 Å². The van der Waals surface area contributed by atoms with Crippen LogP contribution < -0.4 is 9.62 Å². The van der Waals surface area contributed by atoms with Gasteiger partial charge in [-0.1, -0.05) is 23.5 Å². The molecule has 2 bridgehead atoms. The van der Waals surface area contributed by atoms with Crippen molar-refractivity contribution in [2.24, 2.45) is 0 Å². The predicted molar refractivity (Wildman–Crippen MR) is 160 cm³/mol. The Balaban J connectivity index is 1.26. The van der Waals surface area contributed by atoms with Crippen LogP contribution in [0.15, 0.2) is 53.6 Å². The van der Waals surface area contributed by atoms with E-state index >= 15 is 4.39 Å². The second kappa shape index (κ2) is 11.1. The maximum absolute atomic E-state index is 16.2. The van der Waals surface area contributed by atoms with E-state index in [2.05, 4.69) is 19.8 Å². The highest BCUT2D eigenvalue weighted by Crippen LogP contribution is 2.47. The van der Waals surface area contributed by atoms with Gasteiger partial charge in [0, 0.05) is 55.8 Å². The lowest BCUT2D eigenvalue weighted by Gasteiger charge is -2.49. The average molecular weight is 683 g/mol. The number of halogens is 6. The number of anilines is 2. The Morgan fingerprint density at radius 3 is 2.24 bits per heavy atom. The molecule has 2 unspecified atom stereocenters. The first-order valence-corrected chi connectivity index (χ1v) is 16.7. The summed E-state index contributed by atoms with van der Waals surface area (Å²) in [4.78, 5) is 16.5. The van der Waals surface area contributed by atoms with Gasteiger partial charge in [0.1, 0.15) is 11.6 Å². The van der Waals surface area contributed by atoms with Crippen LogP contribution in [-0.2, 0) is 10.0 Å². The number of benzene rings is 2. The van der Waals surface area contributed by atoms with Crippen LogP contribution in [0.1, 0.15) is 25.7 Å². The van der Waals surface area contributed by atoms with Gasteiger partial charge in [-0.25, -0.2) is 45.3 Å². The number of aromatic nitrogens is 3. The summed E-state index contributed by atoms with van der Waals surface area (Å²) in [5.41, 5.74) is -0.113. The van der Waals surface area contributed by atoms with Crippen molar-refractivity contribution >= 4 is 43.8 Å². The Morgan fingerprint density at radius 1 is 0.933 bits per heavy atom. The first-order valence-electron chi connectivity index (χ1n) is 14.1. The Kier molecular flexibility index (Phi) is 7.49. The summed E-state index contributed by atoms with van der Waals surface area (Å²) in [5.74, 6) is -6.29. The molecule has 1 saturated carbocycles. The molecule has 4 heterocycles. The minimum absolute atomic E-state index is 0.0115. The molecule has 7 rings (SSSR count). The van der Waals surface area contributed by atoms with E-state index in [1.807, 2.05) is 4.72 Å². The molecule has 3 aliphatic rings. The van der Waals surface area contributed by atoms with E-state index in [-0.39, 0.29) is 47.5 Å². The second-order valence-corrected chi connectivity index (χ2v) is 14.3. The van der Waals surface area contributed by atoms with E-state index in [0.717, 1.165) is 37.1 Å². The number of hydrogen-bond donors (Lipinski definition) is 1. The number of likely N-dealkylation sites (tertiary alicyclic amines) is 1. The van der Waals surface area contributed by atoms with Crippen molar-refractivity contribution in [2.45, 2.75) is 54.6 Å². The van der Waals surface area contributed by atoms with Gasteiger partial charge in [-0.2, -0.15) is 0 Å². The fourth-order valence-corrected chi connectivity index (χ4v) is 8.94. The normalized spacial score (nSPS) is 21.6. The maximum Gasteiger partial charge on any atom is 0.267 e. The molecule has 3 fully saturated rings. The van der Waals surface area contributed by atoms with Crippen LogP contribution in [0.2, 0.25) is 5.28 Å². The minimum atomic E-state index is -4.86. The smallest absolute Gasteiger partial charge is 0.267 e. The van der Waals surface area contributed by atoms with Gasteiger partial charge >= 0.3 is 0 Å². The maximum atomic E-state index is 16.2. The molecule has 2 aliphatic heterocycles. The predicted octanol–water partition coefficient (Wildman–Crippen LogP) is 6.59. The zero-order valence-electron chi connectivity index (χ0n) is 23.2. The summed E-state index contributed by atoms with van der Waals surface area (Å²) in [6, 6.07) is 7.97. The van der Waals surface area contributed by atoms with Crippen LogP contribution in [0, 0.1) is 17.5 Å². The van der Waals surface area contributed by atoms with Gasteiger partial charge < -0.3 is 4.90 Å². The number of nitrogens with zero attached hydrogens (tertiary/aromatic N) is 5. The fraction of sp³-hybridized carbons (Fsp3) is 0.345. The van der Waals surface area contributed by atoms with Crippen molar-refractivity contribution < 1.29 is 30.4 Å². The highest BCUT2D eigenvalue weighted by Gasteiger charge is 2.51. The van der Waals surface area contributed by atoms with E-state index < -0.39 is 44.0 Å². The highest BCUT2D eigenvalue weighted by atomic mass is 35.5. The number of fused-ring (bicyclic) bond motifs is 2. The molecule has 2 saturated heterocycles. The molecular formula is C29H24ClF5N6O2S2. The van der Waals surface area contributed by atoms with Gasteiger partial charge in [-0.15, -0.1) is 0 Å². The Bertz CT molecular complexity index is 1870. The van der Waals surface area contributed by atoms with E-state index in [9.17, 15) is 26.0 Å². The summed E-state index contributed by atoms with van der Waals surface area (Å²) >= 11 is 7.33. The van der Waals surface area contributed by atoms with Gasteiger partial charge in [0.2, 0.25) is 5.28 Å². The quantitative estimate of drug-likeness (QED) is 0.174. The first kappa shape index (κ1) is 30.3. The summed E-state index contributed by atoms with van der Waals surface area (Å²) in [6.45, 7) is 1.19. The monoisotopic (exact) mass is 682 g/mol. The zero-order valence-corrected chi connectivity index (χ0v) is 25.6. The number of nitrogens with one attached hydrogen (secondary N) is 1. The third-order valence-corrected chi connectivity index (χ3v) is 11.2. The molecule has 2 aromatic carbocycles. The zero-order chi connectivity index (χ0) is 31.7. The molecule has 2 aromatic heterocycles. The highest BCUT2D eigenvalue weighted by molar-refractivity contribution is 7.92. The number of alkyl halides is 2. The molecule has 8 nitrogen and oxygen atoms in total. The molecule has 45 heavy (non-hydrogen) atoms. The Hall–Kier alpha value is -3.40. The van der Waals surface area contributed by atoms with Crippen LogP contribution >= 0.6 is 22.9 Å². The number of piperazine rings is 1. The lowest BCUT2D eigenvalue weighted by Crippen LogP contribution is -2.61. The standard InChI is InChI=1S/C29H24ClF5N6O2S2/c30-27-36-10-9-22(37-27)25-24(18-3-1-6-21(23(18)33)39-45(42,43)26-19(31)4-2-5-20(26)32)38-28(44-25)41-15-7-8-16(41)14-40(13-15)17-11-29(34,35)12-17/h1-6,9-10,15-17,39H,7-8,11-14H2. The van der Waals surface area contributed by atoms with E-state index in [1.54, 1.807) is 6.07 Å². The summed E-state index contributed by atoms with van der Waals surface area (Å²) in [5, 5.41) is 0.521. The van der Waals surface area contributed by atoms with Gasteiger partial charge in [0.25, 0.3) is 15.9 Å². The summed E-state index contributed by atoms with van der Waals surface area (Å²) < 4.78 is 99.8. The average Bonchev–Trinajstić information content (AvgIpc) is 3.50. The second-order valence-electron chi connectivity index (χ2n) is 11.4. The largest absolute Gasteiger partial charge is 0.340 e. The third-order valence-electron chi connectivity index (χ3n) is 8.48. The van der Waals surface area contributed by atoms with Gasteiger partial charge in [0.15, 0.2) is 15.8 Å². The topological polar surface area (TPSA) is 91.3 Å². The molecule has 236 valence electrons. The van der Waals surface area contributed by atoms with Crippen molar-refractivity contribution in [3.8, 4) is 21.8 Å². The molecule has 0 spiro atoms. The van der Waals surface area contributed by atoms with Crippen molar-refractivity contribution in [1.82, 2.24) is 19.9 Å². The third kappa shape index (κ3) is 5.53. The Labute approximate surface area is 263 Å². The lowest BCUT2D eigenvalue weighted by molar-refractivity contribution is -0.127. The summed E-state index contributed by atoms with van der Waals surface area (Å²) in [6.07, 6.45) is 2.83. The fourth-order valence-electron chi connectivity index (χ4n) is 6.40. The number of sulfonamides is 1. The first-order chi connectivity index (χ1) is 21.4. The van der Waals surface area contributed by atoms with Gasteiger partial charge in [-0.05, 0) is 54.8 Å². The summed E-state index contributed by atoms with van der Waals surface area (Å²) in [7, 11) is -4.86. The van der Waals surface area contributed by atoms with Crippen LogP contribution in [0.5, 0.6) is 0 Å². The van der Waals surface area contributed by atoms with Crippen molar-refractivity contribution in [3.05, 3.63) is 71.4 Å². The molecular weight excluding hydrogens is 659 g/mol. The number of rotatable bonds is 7. The Morgan fingerprint density at radius 2 is 1.60 bits per heavy atom. The molecule has 16 heteroatoms. The van der Waals surface area contributed by atoms with E-state index in [4.69, 9.17) is 16.6 Å². The van der Waals surface area contributed by atoms with Crippen LogP contribution in [0.3, 0.4) is 0 Å². The molecule has 1 N–H and O–H groups in total. The number of thiazole rings is 1. The van der Waals surface area contributed by atoms with Crippen molar-refractivity contribution in [2.75, 3.05) is 22.7 Å². The molecule has 4 aromatic rings. The van der Waals surface area contributed by atoms with Gasteiger partial charge in [0.05, 0.1) is 22.0 Å². The van der Waals surface area contributed by atoms with Crippen molar-refractivity contribution in [3.63, 3.8) is 0 Å². The molecule has 0 radical (unpaired) electrons. The lowest BCUT2D eigenvalue weighted by atomic mass is 9.86. The van der Waals surface area contributed by atoms with Crippen LogP contribution in [-0.4, -0.2) is 65.4 Å². The van der Waals surface area contributed by atoms with Gasteiger partial charge in [-0.3, -0.25) is 9.62 Å². The molecule has 1 aliphatic carbocycles. The molecule has 2 atom stereocenters. The minimum Gasteiger partial charge on any atom is -0.340 e. The van der Waals surface area contributed by atoms with Crippen molar-refractivity contribution in [1.29, 1.82) is 0 Å². The SMILES string of the molecule is O=S(=O)(Nc1cccc(-c2nc(N3C4CCC3CN(C3CC(F)(F)C3)C4)sc2-c2ccnc(Cl)n2)c1F)c1c(F)cccc1F. The number of hydrogen-bond acceptors (Lipinski definition) is 8. The van der Waals surface area contributed by atoms with Crippen LogP contribution in [0.25, 0.3) is 21.8 Å². The van der Waals surface area contributed by atoms with Crippen LogP contribution in [0.4, 0.5) is 32.8 Å². The van der Waals surface area contributed by atoms with E-state index in [0.29, 0.717) is 28.8 Å². The molecule has 0 amide bonds.